The number of benzene rings is 1. The summed E-state index contributed by atoms with van der Waals surface area (Å²) in [6.45, 7) is 3.91. The highest BCUT2D eigenvalue weighted by Crippen LogP contribution is 2.43. The van der Waals surface area contributed by atoms with E-state index in [1.165, 1.54) is 7.11 Å². The Bertz CT molecular complexity index is 536. The summed E-state index contributed by atoms with van der Waals surface area (Å²) in [6, 6.07) is 0.878. The number of halogens is 4. The zero-order chi connectivity index (χ0) is 16.3. The third-order valence-electron chi connectivity index (χ3n) is 3.59. The van der Waals surface area contributed by atoms with Crippen molar-refractivity contribution in [2.24, 2.45) is 11.7 Å². The van der Waals surface area contributed by atoms with Crippen molar-refractivity contribution in [3.05, 3.63) is 31.7 Å². The van der Waals surface area contributed by atoms with Crippen molar-refractivity contribution in [1.82, 2.24) is 0 Å². The van der Waals surface area contributed by atoms with Gasteiger partial charge in [0.1, 0.15) is 6.04 Å². The van der Waals surface area contributed by atoms with Gasteiger partial charge in [0, 0.05) is 5.02 Å². The van der Waals surface area contributed by atoms with E-state index in [1.807, 2.05) is 13.8 Å². The Hall–Kier alpha value is -0.190. The molecule has 0 aliphatic heterocycles. The first-order valence-corrected chi connectivity index (χ1v) is 7.88. The van der Waals surface area contributed by atoms with Crippen molar-refractivity contribution in [2.75, 3.05) is 7.11 Å². The quantitative estimate of drug-likeness (QED) is 0.452. The average molecular weight is 373 g/mol. The largest absolute Gasteiger partial charge is 0.468 e. The summed E-state index contributed by atoms with van der Waals surface area (Å²) in [4.78, 5) is 11.4. The Morgan fingerprint density at radius 2 is 1.76 bits per heavy atom. The Morgan fingerprint density at radius 3 is 2.29 bits per heavy atom. The maximum absolute atomic E-state index is 11.4. The number of rotatable bonds is 5. The molecule has 21 heavy (non-hydrogen) atoms. The molecule has 0 bridgehead atoms. The number of esters is 1. The predicted molar refractivity (Wildman–Crippen MR) is 88.7 cm³/mol. The SMILES string of the molecule is COC(=O)C(N)CC(C)C(C)c1c(Cl)cc(Cl)c(Cl)c1Cl. The smallest absolute Gasteiger partial charge is 0.322 e. The van der Waals surface area contributed by atoms with Crippen LogP contribution in [0.1, 0.15) is 31.7 Å². The second-order valence-corrected chi connectivity index (χ2v) is 6.58. The van der Waals surface area contributed by atoms with E-state index in [1.54, 1.807) is 6.07 Å². The maximum atomic E-state index is 11.4. The third-order valence-corrected chi connectivity index (χ3v) is 5.18. The molecular weight excluding hydrogens is 356 g/mol. The van der Waals surface area contributed by atoms with Crippen molar-refractivity contribution in [3.63, 3.8) is 0 Å². The van der Waals surface area contributed by atoms with Gasteiger partial charge in [0.25, 0.3) is 0 Å². The lowest BCUT2D eigenvalue weighted by atomic mass is 9.84. The molecule has 0 saturated carbocycles. The van der Waals surface area contributed by atoms with Crippen LogP contribution in [0.4, 0.5) is 0 Å². The van der Waals surface area contributed by atoms with Gasteiger partial charge in [-0.2, -0.15) is 0 Å². The molecule has 0 fully saturated rings. The number of hydrogen-bond acceptors (Lipinski definition) is 3. The summed E-state index contributed by atoms with van der Waals surface area (Å²) in [5.41, 5.74) is 6.49. The summed E-state index contributed by atoms with van der Waals surface area (Å²) in [6.07, 6.45) is 0.445. The number of methoxy groups -OCH3 is 1. The molecule has 3 unspecified atom stereocenters. The Morgan fingerprint density at radius 1 is 1.19 bits per heavy atom. The van der Waals surface area contributed by atoms with Crippen LogP contribution in [-0.4, -0.2) is 19.1 Å². The van der Waals surface area contributed by atoms with Crippen molar-refractivity contribution >= 4 is 52.4 Å². The van der Waals surface area contributed by atoms with E-state index in [4.69, 9.17) is 52.1 Å². The van der Waals surface area contributed by atoms with Crippen molar-refractivity contribution < 1.29 is 9.53 Å². The fourth-order valence-electron chi connectivity index (χ4n) is 2.13. The topological polar surface area (TPSA) is 52.3 Å². The van der Waals surface area contributed by atoms with Crippen LogP contribution in [-0.2, 0) is 9.53 Å². The molecule has 0 heterocycles. The number of carbonyl (C=O) groups is 1. The van der Waals surface area contributed by atoms with Crippen molar-refractivity contribution in [3.8, 4) is 0 Å². The molecule has 3 nitrogen and oxygen atoms in total. The minimum atomic E-state index is -0.687. The van der Waals surface area contributed by atoms with E-state index in [0.29, 0.717) is 27.1 Å². The van der Waals surface area contributed by atoms with Gasteiger partial charge in [0.15, 0.2) is 0 Å². The zero-order valence-corrected chi connectivity index (χ0v) is 14.9. The van der Waals surface area contributed by atoms with E-state index in [2.05, 4.69) is 4.74 Å². The summed E-state index contributed by atoms with van der Waals surface area (Å²) < 4.78 is 4.63. The van der Waals surface area contributed by atoms with Crippen LogP contribution in [0.5, 0.6) is 0 Å². The van der Waals surface area contributed by atoms with Gasteiger partial charge in [-0.1, -0.05) is 60.3 Å². The highest BCUT2D eigenvalue weighted by atomic mass is 35.5. The van der Waals surface area contributed by atoms with E-state index in [9.17, 15) is 4.79 Å². The van der Waals surface area contributed by atoms with Gasteiger partial charge in [0.05, 0.1) is 22.2 Å². The normalized spacial score (nSPS) is 15.4. The Labute approximate surface area is 144 Å². The lowest BCUT2D eigenvalue weighted by Gasteiger charge is -2.25. The van der Waals surface area contributed by atoms with Gasteiger partial charge in [-0.3, -0.25) is 4.79 Å². The van der Waals surface area contributed by atoms with E-state index >= 15 is 0 Å². The lowest BCUT2D eigenvalue weighted by Crippen LogP contribution is -2.34. The minimum absolute atomic E-state index is 0.0459. The molecular formula is C14H17Cl4NO2. The Balaban J connectivity index is 3.01. The molecule has 0 amide bonds. The molecule has 7 heteroatoms. The van der Waals surface area contributed by atoms with Crippen LogP contribution in [0, 0.1) is 5.92 Å². The molecule has 0 aliphatic rings. The predicted octanol–water partition coefficient (Wildman–Crippen LogP) is 4.93. The fraction of sp³-hybridized carbons (Fsp3) is 0.500. The van der Waals surface area contributed by atoms with Gasteiger partial charge in [-0.25, -0.2) is 0 Å². The first-order chi connectivity index (χ1) is 9.70. The van der Waals surface area contributed by atoms with E-state index in [0.717, 1.165) is 0 Å². The average Bonchev–Trinajstić information content (AvgIpc) is 2.43. The second kappa shape index (κ2) is 7.89. The lowest BCUT2D eigenvalue weighted by molar-refractivity contribution is -0.142. The molecule has 1 aromatic carbocycles. The summed E-state index contributed by atoms with van der Waals surface area (Å²) in [7, 11) is 1.31. The highest BCUT2D eigenvalue weighted by Gasteiger charge is 2.26. The van der Waals surface area contributed by atoms with E-state index < -0.39 is 12.0 Å². The first-order valence-electron chi connectivity index (χ1n) is 6.36. The monoisotopic (exact) mass is 371 g/mol. The number of hydrogen-bond donors (Lipinski definition) is 1. The third kappa shape index (κ3) is 4.40. The van der Waals surface area contributed by atoms with Gasteiger partial charge in [0.2, 0.25) is 0 Å². The maximum Gasteiger partial charge on any atom is 0.322 e. The molecule has 0 radical (unpaired) electrons. The summed E-state index contributed by atoms with van der Waals surface area (Å²) in [5, 5.41) is 1.36. The van der Waals surface area contributed by atoms with Crippen LogP contribution >= 0.6 is 46.4 Å². The molecule has 2 N–H and O–H groups in total. The second-order valence-electron chi connectivity index (χ2n) is 5.01. The van der Waals surface area contributed by atoms with Crippen LogP contribution in [0.2, 0.25) is 20.1 Å². The zero-order valence-electron chi connectivity index (χ0n) is 11.9. The van der Waals surface area contributed by atoms with Crippen molar-refractivity contribution in [1.29, 1.82) is 0 Å². The van der Waals surface area contributed by atoms with Crippen LogP contribution in [0.15, 0.2) is 6.07 Å². The molecule has 1 rings (SSSR count). The van der Waals surface area contributed by atoms with Gasteiger partial charge in [-0.05, 0) is 29.9 Å². The molecule has 0 aromatic heterocycles. The van der Waals surface area contributed by atoms with Crippen molar-refractivity contribution in [2.45, 2.75) is 32.2 Å². The molecule has 0 spiro atoms. The molecule has 118 valence electrons. The minimum Gasteiger partial charge on any atom is -0.468 e. The van der Waals surface area contributed by atoms with Gasteiger partial charge < -0.3 is 10.5 Å². The Kier molecular flexibility index (Phi) is 7.08. The molecule has 0 saturated heterocycles. The standard InChI is InChI=1S/C14H17Cl4NO2/c1-6(4-10(19)14(20)21-3)7(2)11-8(15)5-9(16)12(17)13(11)18/h5-7,10H,4,19H2,1-3H3. The van der Waals surface area contributed by atoms with Crippen LogP contribution in [0.25, 0.3) is 0 Å². The highest BCUT2D eigenvalue weighted by molar-refractivity contribution is 6.49. The molecule has 0 aliphatic carbocycles. The number of nitrogens with two attached hydrogens (primary N) is 1. The van der Waals surface area contributed by atoms with Gasteiger partial charge >= 0.3 is 5.97 Å². The molecule has 3 atom stereocenters. The van der Waals surface area contributed by atoms with Crippen LogP contribution in [0.3, 0.4) is 0 Å². The van der Waals surface area contributed by atoms with Crippen LogP contribution < -0.4 is 5.73 Å². The number of carbonyl (C=O) groups excluding carboxylic acids is 1. The van der Waals surface area contributed by atoms with E-state index in [-0.39, 0.29) is 16.9 Å². The summed E-state index contributed by atoms with van der Waals surface area (Å²) in [5.74, 6) is -0.442. The molecule has 1 aromatic rings. The number of ether oxygens (including phenoxy) is 1. The first kappa shape index (κ1) is 18.9. The van der Waals surface area contributed by atoms with Gasteiger partial charge in [-0.15, -0.1) is 0 Å². The summed E-state index contributed by atoms with van der Waals surface area (Å²) >= 11 is 24.5. The fourth-order valence-corrected chi connectivity index (χ4v) is 3.40.